The molecule has 0 unspecified atom stereocenters. The predicted molar refractivity (Wildman–Crippen MR) is 93.4 cm³/mol. The fraction of sp³-hybridized carbons (Fsp3) is 0.167. The van der Waals surface area contributed by atoms with E-state index in [9.17, 15) is 4.79 Å². The number of aromatic nitrogens is 2. The van der Waals surface area contributed by atoms with Crippen LogP contribution in [0.15, 0.2) is 47.0 Å². The molecule has 26 heavy (non-hydrogen) atoms. The van der Waals surface area contributed by atoms with E-state index < -0.39 is 5.97 Å². The van der Waals surface area contributed by atoms with Crippen LogP contribution in [0, 0.1) is 0 Å². The standard InChI is InChI=1S/C18H15ClN2O5/c1-23-13-6-7-14(15(9-13)24-2)18(22)25-10-16-20-17(21-26-16)11-4-3-5-12(19)8-11/h3-9H,10H2,1-2H3. The number of rotatable bonds is 6. The summed E-state index contributed by atoms with van der Waals surface area (Å²) in [6.07, 6.45) is 0. The van der Waals surface area contributed by atoms with Gasteiger partial charge in [0.25, 0.3) is 5.89 Å². The Bertz CT molecular complexity index is 925. The number of methoxy groups -OCH3 is 2. The quantitative estimate of drug-likeness (QED) is 0.607. The first-order valence-corrected chi connectivity index (χ1v) is 7.96. The fourth-order valence-corrected chi connectivity index (χ4v) is 2.42. The van der Waals surface area contributed by atoms with E-state index in [1.807, 2.05) is 0 Å². The molecule has 7 nitrogen and oxygen atoms in total. The molecule has 0 bridgehead atoms. The number of esters is 1. The van der Waals surface area contributed by atoms with Gasteiger partial charge in [0, 0.05) is 16.7 Å². The number of benzene rings is 2. The van der Waals surface area contributed by atoms with Crippen LogP contribution < -0.4 is 9.47 Å². The van der Waals surface area contributed by atoms with Gasteiger partial charge in [-0.05, 0) is 24.3 Å². The van der Waals surface area contributed by atoms with Gasteiger partial charge < -0.3 is 18.7 Å². The van der Waals surface area contributed by atoms with Crippen molar-refractivity contribution in [2.75, 3.05) is 14.2 Å². The number of halogens is 1. The van der Waals surface area contributed by atoms with Crippen molar-refractivity contribution in [2.45, 2.75) is 6.61 Å². The minimum atomic E-state index is -0.577. The molecule has 0 amide bonds. The zero-order valence-electron chi connectivity index (χ0n) is 14.1. The summed E-state index contributed by atoms with van der Waals surface area (Å²) in [6, 6.07) is 11.8. The van der Waals surface area contributed by atoms with E-state index in [0.29, 0.717) is 27.9 Å². The van der Waals surface area contributed by atoms with Gasteiger partial charge in [-0.3, -0.25) is 0 Å². The molecular weight excluding hydrogens is 360 g/mol. The van der Waals surface area contributed by atoms with E-state index in [4.69, 9.17) is 30.3 Å². The number of ether oxygens (including phenoxy) is 3. The lowest BCUT2D eigenvalue weighted by molar-refractivity contribution is 0.0426. The van der Waals surface area contributed by atoms with Crippen LogP contribution in [0.25, 0.3) is 11.4 Å². The molecule has 1 aromatic heterocycles. The van der Waals surface area contributed by atoms with E-state index in [1.165, 1.54) is 14.2 Å². The van der Waals surface area contributed by atoms with Gasteiger partial charge in [-0.25, -0.2) is 4.79 Å². The summed E-state index contributed by atoms with van der Waals surface area (Å²) in [6.45, 7) is -0.165. The smallest absolute Gasteiger partial charge is 0.342 e. The molecule has 0 atom stereocenters. The van der Waals surface area contributed by atoms with Gasteiger partial charge in [-0.1, -0.05) is 28.9 Å². The van der Waals surface area contributed by atoms with E-state index in [0.717, 1.165) is 0 Å². The maximum absolute atomic E-state index is 12.3. The van der Waals surface area contributed by atoms with Crippen LogP contribution in [0.1, 0.15) is 16.2 Å². The highest BCUT2D eigenvalue weighted by molar-refractivity contribution is 6.30. The second-order valence-corrected chi connectivity index (χ2v) is 5.60. The fourth-order valence-electron chi connectivity index (χ4n) is 2.23. The van der Waals surface area contributed by atoms with Crippen LogP contribution in [0.2, 0.25) is 5.02 Å². The first-order valence-electron chi connectivity index (χ1n) is 7.58. The normalized spacial score (nSPS) is 10.4. The van der Waals surface area contributed by atoms with E-state index >= 15 is 0 Å². The summed E-state index contributed by atoms with van der Waals surface area (Å²) < 4.78 is 20.6. The van der Waals surface area contributed by atoms with Crippen molar-refractivity contribution in [1.29, 1.82) is 0 Å². The molecule has 0 aliphatic rings. The van der Waals surface area contributed by atoms with Gasteiger partial charge in [0.15, 0.2) is 6.61 Å². The minimum absolute atomic E-state index is 0.165. The summed E-state index contributed by atoms with van der Waals surface area (Å²) in [5, 5.41) is 4.42. The molecule has 0 aliphatic heterocycles. The Morgan fingerprint density at radius 1 is 1.15 bits per heavy atom. The lowest BCUT2D eigenvalue weighted by atomic mass is 10.2. The zero-order valence-corrected chi connectivity index (χ0v) is 14.8. The van der Waals surface area contributed by atoms with Gasteiger partial charge in [0.1, 0.15) is 17.1 Å². The number of hydrogen-bond acceptors (Lipinski definition) is 7. The lowest BCUT2D eigenvalue weighted by Gasteiger charge is -2.09. The average molecular weight is 375 g/mol. The minimum Gasteiger partial charge on any atom is -0.497 e. The molecule has 134 valence electrons. The maximum atomic E-state index is 12.3. The Kier molecular flexibility index (Phi) is 5.38. The van der Waals surface area contributed by atoms with Crippen molar-refractivity contribution in [3.8, 4) is 22.9 Å². The van der Waals surface area contributed by atoms with Gasteiger partial charge in [-0.2, -0.15) is 4.98 Å². The van der Waals surface area contributed by atoms with E-state index in [1.54, 1.807) is 42.5 Å². The average Bonchev–Trinajstić information content (AvgIpc) is 3.14. The topological polar surface area (TPSA) is 83.7 Å². The van der Waals surface area contributed by atoms with Crippen molar-refractivity contribution in [2.24, 2.45) is 0 Å². The Balaban J connectivity index is 1.69. The third-order valence-corrected chi connectivity index (χ3v) is 3.74. The molecule has 0 saturated carbocycles. The van der Waals surface area contributed by atoms with Gasteiger partial charge in [0.05, 0.1) is 14.2 Å². The SMILES string of the molecule is COc1ccc(C(=O)OCc2nc(-c3cccc(Cl)c3)no2)c(OC)c1. The van der Waals surface area contributed by atoms with Crippen LogP contribution in [0.4, 0.5) is 0 Å². The van der Waals surface area contributed by atoms with Crippen LogP contribution in [-0.2, 0) is 11.3 Å². The molecule has 2 aromatic carbocycles. The second-order valence-electron chi connectivity index (χ2n) is 5.16. The van der Waals surface area contributed by atoms with Crippen molar-refractivity contribution >= 4 is 17.6 Å². The first-order chi connectivity index (χ1) is 12.6. The highest BCUT2D eigenvalue weighted by Gasteiger charge is 2.17. The molecule has 3 rings (SSSR count). The van der Waals surface area contributed by atoms with E-state index in [2.05, 4.69) is 10.1 Å². The van der Waals surface area contributed by atoms with Crippen molar-refractivity contribution < 1.29 is 23.5 Å². The number of hydrogen-bond donors (Lipinski definition) is 0. The molecule has 3 aromatic rings. The van der Waals surface area contributed by atoms with Gasteiger partial charge in [-0.15, -0.1) is 0 Å². The lowest BCUT2D eigenvalue weighted by Crippen LogP contribution is -2.07. The molecule has 0 fully saturated rings. The van der Waals surface area contributed by atoms with E-state index in [-0.39, 0.29) is 18.1 Å². The third-order valence-electron chi connectivity index (χ3n) is 3.51. The molecule has 0 saturated heterocycles. The monoisotopic (exact) mass is 374 g/mol. The van der Waals surface area contributed by atoms with Gasteiger partial charge >= 0.3 is 5.97 Å². The maximum Gasteiger partial charge on any atom is 0.342 e. The van der Waals surface area contributed by atoms with Crippen molar-refractivity contribution in [1.82, 2.24) is 10.1 Å². The number of carbonyl (C=O) groups is 1. The van der Waals surface area contributed by atoms with Crippen LogP contribution in [0.3, 0.4) is 0 Å². The summed E-state index contributed by atoms with van der Waals surface area (Å²) >= 11 is 5.95. The summed E-state index contributed by atoms with van der Waals surface area (Å²) in [4.78, 5) is 16.5. The predicted octanol–water partition coefficient (Wildman–Crippen LogP) is 3.76. The molecule has 8 heteroatoms. The largest absolute Gasteiger partial charge is 0.497 e. The first kappa shape index (κ1) is 17.8. The van der Waals surface area contributed by atoms with Gasteiger partial charge in [0.2, 0.25) is 5.82 Å². The molecule has 0 aliphatic carbocycles. The third kappa shape index (κ3) is 3.94. The zero-order chi connectivity index (χ0) is 18.5. The van der Waals surface area contributed by atoms with Crippen LogP contribution >= 0.6 is 11.6 Å². The highest BCUT2D eigenvalue weighted by atomic mass is 35.5. The second kappa shape index (κ2) is 7.88. The van der Waals surface area contributed by atoms with Crippen LogP contribution in [0.5, 0.6) is 11.5 Å². The molecule has 0 spiro atoms. The van der Waals surface area contributed by atoms with Crippen LogP contribution in [-0.4, -0.2) is 30.3 Å². The Labute approximate surface area is 154 Å². The Morgan fingerprint density at radius 2 is 2.00 bits per heavy atom. The number of nitrogens with zero attached hydrogens (tertiary/aromatic N) is 2. The van der Waals surface area contributed by atoms with Crippen molar-refractivity contribution in [3.63, 3.8) is 0 Å². The Morgan fingerprint density at radius 3 is 2.73 bits per heavy atom. The summed E-state index contributed by atoms with van der Waals surface area (Å²) in [7, 11) is 2.99. The molecule has 0 N–H and O–H groups in total. The summed E-state index contributed by atoms with van der Waals surface area (Å²) in [5.41, 5.74) is 0.971. The molecule has 1 heterocycles. The summed E-state index contributed by atoms with van der Waals surface area (Å²) in [5.74, 6) is 0.870. The number of carbonyl (C=O) groups excluding carboxylic acids is 1. The van der Waals surface area contributed by atoms with Crippen molar-refractivity contribution in [3.05, 3.63) is 58.9 Å². The Hall–Kier alpha value is -3.06. The molecular formula is C18H15ClN2O5. The molecule has 0 radical (unpaired) electrons. The highest BCUT2D eigenvalue weighted by Crippen LogP contribution is 2.25.